The van der Waals surface area contributed by atoms with Gasteiger partial charge in [0.25, 0.3) is 0 Å². The lowest BCUT2D eigenvalue weighted by atomic mass is 10.1. The molecule has 2 aromatic carbocycles. The Hall–Kier alpha value is -2.00. The van der Waals surface area contributed by atoms with Crippen LogP contribution in [0, 0.1) is 6.92 Å². The maximum atomic E-state index is 5.88. The van der Waals surface area contributed by atoms with E-state index >= 15 is 0 Å². The van der Waals surface area contributed by atoms with Crippen molar-refractivity contribution < 1.29 is 0 Å². The van der Waals surface area contributed by atoms with Crippen LogP contribution < -0.4 is 10.6 Å². The Bertz CT molecular complexity index is 587. The zero-order chi connectivity index (χ0) is 14.7. The highest BCUT2D eigenvalue weighted by molar-refractivity contribution is 5.48. The van der Waals surface area contributed by atoms with E-state index in [0.717, 1.165) is 38.4 Å². The molecule has 1 saturated heterocycles. The van der Waals surface area contributed by atoms with Crippen molar-refractivity contribution in [2.45, 2.75) is 13.5 Å². The van der Waals surface area contributed by atoms with Crippen molar-refractivity contribution in [2.24, 2.45) is 0 Å². The predicted octanol–water partition coefficient (Wildman–Crippen LogP) is 2.90. The Labute approximate surface area is 127 Å². The number of hydrogen-bond donors (Lipinski definition) is 1. The predicted molar refractivity (Wildman–Crippen MR) is 89.5 cm³/mol. The van der Waals surface area contributed by atoms with Crippen LogP contribution in [0.5, 0.6) is 0 Å². The summed E-state index contributed by atoms with van der Waals surface area (Å²) in [7, 11) is 0. The minimum Gasteiger partial charge on any atom is -0.399 e. The van der Waals surface area contributed by atoms with E-state index in [9.17, 15) is 0 Å². The van der Waals surface area contributed by atoms with Gasteiger partial charge in [0.1, 0.15) is 0 Å². The van der Waals surface area contributed by atoms with Gasteiger partial charge in [0.05, 0.1) is 0 Å². The molecule has 0 aromatic heterocycles. The second-order valence-electron chi connectivity index (χ2n) is 5.79. The van der Waals surface area contributed by atoms with Crippen molar-refractivity contribution in [1.82, 2.24) is 4.90 Å². The monoisotopic (exact) mass is 281 g/mol. The third-order valence-corrected chi connectivity index (χ3v) is 4.23. The van der Waals surface area contributed by atoms with Crippen LogP contribution in [0.25, 0.3) is 0 Å². The first-order valence-electron chi connectivity index (χ1n) is 7.60. The van der Waals surface area contributed by atoms with Crippen molar-refractivity contribution in [3.05, 3.63) is 59.7 Å². The first kappa shape index (κ1) is 14.0. The van der Waals surface area contributed by atoms with Gasteiger partial charge in [-0.3, -0.25) is 4.90 Å². The molecule has 0 unspecified atom stereocenters. The normalized spacial score (nSPS) is 16.1. The number of piperazine rings is 1. The summed E-state index contributed by atoms with van der Waals surface area (Å²) in [6, 6.07) is 17.1. The number of nitrogens with two attached hydrogens (primary N) is 1. The van der Waals surface area contributed by atoms with Crippen molar-refractivity contribution in [3.8, 4) is 0 Å². The lowest BCUT2D eigenvalue weighted by Gasteiger charge is -2.36. The average Bonchev–Trinajstić information content (AvgIpc) is 2.53. The molecule has 3 heteroatoms. The number of nitrogens with zero attached hydrogens (tertiary/aromatic N) is 2. The lowest BCUT2D eigenvalue weighted by molar-refractivity contribution is 0.250. The summed E-state index contributed by atoms with van der Waals surface area (Å²) < 4.78 is 0. The van der Waals surface area contributed by atoms with E-state index in [1.807, 2.05) is 6.07 Å². The molecule has 110 valence electrons. The van der Waals surface area contributed by atoms with Gasteiger partial charge in [0.2, 0.25) is 0 Å². The zero-order valence-corrected chi connectivity index (χ0v) is 12.6. The third-order valence-electron chi connectivity index (χ3n) is 4.23. The number of rotatable bonds is 3. The topological polar surface area (TPSA) is 32.5 Å². The Morgan fingerprint density at radius 2 is 1.67 bits per heavy atom. The quantitative estimate of drug-likeness (QED) is 0.878. The van der Waals surface area contributed by atoms with Gasteiger partial charge in [-0.05, 0) is 36.2 Å². The molecule has 0 spiro atoms. The van der Waals surface area contributed by atoms with Crippen LogP contribution in [-0.2, 0) is 6.54 Å². The molecular weight excluding hydrogens is 258 g/mol. The fraction of sp³-hybridized carbons (Fsp3) is 0.333. The van der Waals surface area contributed by atoms with Crippen LogP contribution in [-0.4, -0.2) is 31.1 Å². The van der Waals surface area contributed by atoms with E-state index in [1.54, 1.807) is 0 Å². The molecule has 0 aliphatic carbocycles. The number of hydrogen-bond acceptors (Lipinski definition) is 3. The van der Waals surface area contributed by atoms with E-state index in [0.29, 0.717) is 0 Å². The molecule has 1 heterocycles. The minimum absolute atomic E-state index is 0.882. The third kappa shape index (κ3) is 3.37. The summed E-state index contributed by atoms with van der Waals surface area (Å²) in [5, 5.41) is 0. The van der Waals surface area contributed by atoms with Gasteiger partial charge < -0.3 is 10.6 Å². The molecule has 1 aliphatic rings. The minimum atomic E-state index is 0.882. The number of nitrogen functional groups attached to an aromatic ring is 1. The Kier molecular flexibility index (Phi) is 4.11. The second-order valence-corrected chi connectivity index (χ2v) is 5.79. The maximum absolute atomic E-state index is 5.88. The maximum Gasteiger partial charge on any atom is 0.0367 e. The van der Waals surface area contributed by atoms with E-state index in [2.05, 4.69) is 59.2 Å². The van der Waals surface area contributed by atoms with Crippen LogP contribution in [0.15, 0.2) is 48.5 Å². The molecule has 3 rings (SSSR count). The largest absolute Gasteiger partial charge is 0.399 e. The van der Waals surface area contributed by atoms with E-state index < -0.39 is 0 Å². The first-order valence-corrected chi connectivity index (χ1v) is 7.60. The van der Waals surface area contributed by atoms with Gasteiger partial charge in [-0.2, -0.15) is 0 Å². The SMILES string of the molecule is Cc1cc(CN2CCN(c3ccccc3)CC2)ccc1N. The molecule has 0 saturated carbocycles. The lowest BCUT2D eigenvalue weighted by Crippen LogP contribution is -2.45. The smallest absolute Gasteiger partial charge is 0.0367 e. The van der Waals surface area contributed by atoms with Gasteiger partial charge in [-0.25, -0.2) is 0 Å². The molecule has 1 aliphatic heterocycles. The Morgan fingerprint density at radius 3 is 2.33 bits per heavy atom. The highest BCUT2D eigenvalue weighted by Gasteiger charge is 2.17. The molecule has 2 aromatic rings. The van der Waals surface area contributed by atoms with Crippen LogP contribution >= 0.6 is 0 Å². The molecule has 0 atom stereocenters. The standard InChI is InChI=1S/C18H23N3/c1-15-13-16(7-8-18(15)19)14-20-9-11-21(12-10-20)17-5-3-2-4-6-17/h2-8,13H,9-12,14,19H2,1H3. The second kappa shape index (κ2) is 6.19. The summed E-state index contributed by atoms with van der Waals surface area (Å²) in [5.74, 6) is 0. The molecule has 21 heavy (non-hydrogen) atoms. The van der Waals surface area contributed by atoms with Gasteiger partial charge >= 0.3 is 0 Å². The highest BCUT2D eigenvalue weighted by atomic mass is 15.3. The zero-order valence-electron chi connectivity index (χ0n) is 12.6. The van der Waals surface area contributed by atoms with Crippen molar-refractivity contribution >= 4 is 11.4 Å². The summed E-state index contributed by atoms with van der Waals surface area (Å²) in [5.41, 5.74) is 10.6. The summed E-state index contributed by atoms with van der Waals surface area (Å²) in [4.78, 5) is 4.98. The van der Waals surface area contributed by atoms with E-state index in [1.165, 1.54) is 16.8 Å². The molecule has 0 bridgehead atoms. The van der Waals surface area contributed by atoms with Gasteiger partial charge in [0, 0.05) is 44.1 Å². The van der Waals surface area contributed by atoms with Crippen LogP contribution in [0.1, 0.15) is 11.1 Å². The Morgan fingerprint density at radius 1 is 0.952 bits per heavy atom. The highest BCUT2D eigenvalue weighted by Crippen LogP contribution is 2.18. The fourth-order valence-electron chi connectivity index (χ4n) is 2.90. The average molecular weight is 281 g/mol. The van der Waals surface area contributed by atoms with Crippen LogP contribution in [0.2, 0.25) is 0 Å². The van der Waals surface area contributed by atoms with Gasteiger partial charge in [0.15, 0.2) is 0 Å². The van der Waals surface area contributed by atoms with Crippen molar-refractivity contribution in [2.75, 3.05) is 36.8 Å². The van der Waals surface area contributed by atoms with Crippen molar-refractivity contribution in [1.29, 1.82) is 0 Å². The molecule has 0 amide bonds. The number of aryl methyl sites for hydroxylation is 1. The summed E-state index contributed by atoms with van der Waals surface area (Å²) in [6.07, 6.45) is 0. The van der Waals surface area contributed by atoms with Gasteiger partial charge in [-0.15, -0.1) is 0 Å². The van der Waals surface area contributed by atoms with Crippen LogP contribution in [0.3, 0.4) is 0 Å². The molecule has 2 N–H and O–H groups in total. The molecule has 1 fully saturated rings. The van der Waals surface area contributed by atoms with Crippen molar-refractivity contribution in [3.63, 3.8) is 0 Å². The number of benzene rings is 2. The Balaban J connectivity index is 1.57. The van der Waals surface area contributed by atoms with Gasteiger partial charge in [-0.1, -0.05) is 30.3 Å². The van der Waals surface area contributed by atoms with E-state index in [-0.39, 0.29) is 0 Å². The fourth-order valence-corrected chi connectivity index (χ4v) is 2.90. The molecular formula is C18H23N3. The number of para-hydroxylation sites is 1. The molecule has 0 radical (unpaired) electrons. The summed E-state index contributed by atoms with van der Waals surface area (Å²) in [6.45, 7) is 7.50. The molecule has 3 nitrogen and oxygen atoms in total. The van der Waals surface area contributed by atoms with E-state index in [4.69, 9.17) is 5.73 Å². The summed E-state index contributed by atoms with van der Waals surface area (Å²) >= 11 is 0. The number of anilines is 2. The first-order chi connectivity index (χ1) is 10.2. The van der Waals surface area contributed by atoms with Crippen LogP contribution in [0.4, 0.5) is 11.4 Å².